The summed E-state index contributed by atoms with van der Waals surface area (Å²) in [5, 5.41) is 4.93. The van der Waals surface area contributed by atoms with Gasteiger partial charge in [0.2, 0.25) is 0 Å². The smallest absolute Gasteiger partial charge is 0.166 e. The molecule has 1 fully saturated rings. The number of ketones is 1. The van der Waals surface area contributed by atoms with E-state index in [0.717, 1.165) is 35.5 Å². The summed E-state index contributed by atoms with van der Waals surface area (Å²) in [5.74, 6) is 0.790. The number of rotatable bonds is 2. The average Bonchev–Trinajstić information content (AvgIpc) is 2.98. The van der Waals surface area contributed by atoms with Crippen LogP contribution in [-0.2, 0) is 6.42 Å². The molecule has 114 valence electrons. The number of Topliss-reactive ketones (excluding diaryl/α,β-unsaturated/α-hetero) is 1. The second-order valence-corrected chi connectivity index (χ2v) is 6.57. The lowest BCUT2D eigenvalue weighted by atomic mass is 9.82. The fraction of sp³-hybridized carbons (Fsp3) is 0.474. The van der Waals surface area contributed by atoms with Crippen LogP contribution in [0.3, 0.4) is 0 Å². The first-order chi connectivity index (χ1) is 10.8. The molecule has 0 aliphatic heterocycles. The largest absolute Gasteiger partial charge is 0.294 e. The minimum Gasteiger partial charge on any atom is -0.294 e. The first kappa shape index (κ1) is 13.7. The lowest BCUT2D eigenvalue weighted by Gasteiger charge is -2.21. The number of hydrogen-bond acceptors (Lipinski definition) is 2. The molecule has 0 unspecified atom stereocenters. The third-order valence-electron chi connectivity index (χ3n) is 5.10. The Morgan fingerprint density at radius 3 is 2.50 bits per heavy atom. The quantitative estimate of drug-likeness (QED) is 0.820. The van der Waals surface area contributed by atoms with Gasteiger partial charge in [-0.05, 0) is 37.8 Å². The monoisotopic (exact) mass is 294 g/mol. The topological polar surface area (TPSA) is 34.9 Å². The van der Waals surface area contributed by atoms with Crippen LogP contribution in [-0.4, -0.2) is 15.6 Å². The first-order valence-corrected chi connectivity index (χ1v) is 8.55. The summed E-state index contributed by atoms with van der Waals surface area (Å²) in [4.78, 5) is 12.5. The summed E-state index contributed by atoms with van der Waals surface area (Å²) in [7, 11) is 0. The Bertz CT molecular complexity index is 681. The van der Waals surface area contributed by atoms with E-state index in [1.165, 1.54) is 32.1 Å². The molecule has 0 bridgehead atoms. The van der Waals surface area contributed by atoms with Crippen LogP contribution in [0.4, 0.5) is 0 Å². The van der Waals surface area contributed by atoms with Crippen molar-refractivity contribution in [2.24, 2.45) is 0 Å². The van der Waals surface area contributed by atoms with E-state index in [4.69, 9.17) is 5.10 Å². The Morgan fingerprint density at radius 1 is 0.955 bits per heavy atom. The molecule has 1 saturated carbocycles. The van der Waals surface area contributed by atoms with Gasteiger partial charge in [0.05, 0.1) is 22.6 Å². The number of fused-ring (bicyclic) bond motifs is 1. The molecular formula is C19H22N2O. The van der Waals surface area contributed by atoms with Crippen LogP contribution in [0, 0.1) is 0 Å². The molecule has 1 aromatic heterocycles. The maximum absolute atomic E-state index is 12.5. The van der Waals surface area contributed by atoms with E-state index >= 15 is 0 Å². The van der Waals surface area contributed by atoms with Crippen molar-refractivity contribution in [1.29, 1.82) is 0 Å². The Balaban J connectivity index is 1.84. The summed E-state index contributed by atoms with van der Waals surface area (Å²) >= 11 is 0. The zero-order valence-corrected chi connectivity index (χ0v) is 12.9. The molecule has 0 saturated heterocycles. The van der Waals surface area contributed by atoms with Crippen molar-refractivity contribution < 1.29 is 4.79 Å². The number of para-hydroxylation sites is 1. The number of benzene rings is 1. The van der Waals surface area contributed by atoms with Crippen LogP contribution >= 0.6 is 0 Å². The normalized spacial score (nSPS) is 19.2. The summed E-state index contributed by atoms with van der Waals surface area (Å²) in [5.41, 5.74) is 4.27. The number of carbonyl (C=O) groups excluding carboxylic acids is 1. The van der Waals surface area contributed by atoms with E-state index in [-0.39, 0.29) is 0 Å². The van der Waals surface area contributed by atoms with Gasteiger partial charge < -0.3 is 0 Å². The van der Waals surface area contributed by atoms with Crippen LogP contribution in [0.1, 0.15) is 72.6 Å². The molecule has 0 N–H and O–H groups in total. The Kier molecular flexibility index (Phi) is 3.57. The fourth-order valence-electron chi connectivity index (χ4n) is 3.99. The Morgan fingerprint density at radius 2 is 1.73 bits per heavy atom. The summed E-state index contributed by atoms with van der Waals surface area (Å²) < 4.78 is 2.04. The van der Waals surface area contributed by atoms with Crippen molar-refractivity contribution in [3.8, 4) is 5.69 Å². The van der Waals surface area contributed by atoms with Gasteiger partial charge in [0.15, 0.2) is 5.78 Å². The molecule has 2 aromatic rings. The molecule has 0 amide bonds. The highest BCUT2D eigenvalue weighted by Crippen LogP contribution is 2.37. The number of nitrogens with zero attached hydrogens (tertiary/aromatic N) is 2. The minimum absolute atomic E-state index is 0.309. The van der Waals surface area contributed by atoms with Crippen LogP contribution in [0.15, 0.2) is 30.3 Å². The third kappa shape index (κ3) is 2.29. The number of carbonyl (C=O) groups is 1. The lowest BCUT2D eigenvalue weighted by molar-refractivity contribution is 0.0970. The zero-order valence-electron chi connectivity index (χ0n) is 12.9. The second kappa shape index (κ2) is 5.71. The minimum atomic E-state index is 0.309. The number of aromatic nitrogens is 2. The van der Waals surface area contributed by atoms with Crippen molar-refractivity contribution in [3.63, 3.8) is 0 Å². The Hall–Kier alpha value is -1.90. The molecule has 1 aromatic carbocycles. The van der Waals surface area contributed by atoms with Gasteiger partial charge in [-0.1, -0.05) is 37.5 Å². The molecule has 22 heavy (non-hydrogen) atoms. The van der Waals surface area contributed by atoms with Crippen LogP contribution < -0.4 is 0 Å². The maximum atomic E-state index is 12.5. The van der Waals surface area contributed by atoms with Gasteiger partial charge in [-0.25, -0.2) is 4.68 Å². The summed E-state index contributed by atoms with van der Waals surface area (Å²) in [6.07, 6.45) is 8.85. The van der Waals surface area contributed by atoms with Gasteiger partial charge in [-0.15, -0.1) is 0 Å². The van der Waals surface area contributed by atoms with Crippen LogP contribution in [0.2, 0.25) is 0 Å². The highest BCUT2D eigenvalue weighted by atomic mass is 16.1. The van der Waals surface area contributed by atoms with Crippen molar-refractivity contribution in [3.05, 3.63) is 47.3 Å². The van der Waals surface area contributed by atoms with Gasteiger partial charge >= 0.3 is 0 Å². The molecule has 0 atom stereocenters. The van der Waals surface area contributed by atoms with Gasteiger partial charge in [-0.2, -0.15) is 5.10 Å². The standard InChI is InChI=1S/C19H22N2O/c22-17-13-7-12-16-18(17)19(14-8-3-1-4-9-14)20-21(16)15-10-5-2-6-11-15/h2,5-6,10-11,14H,1,3-4,7-9,12-13H2. The van der Waals surface area contributed by atoms with Crippen molar-refractivity contribution in [2.45, 2.75) is 57.3 Å². The van der Waals surface area contributed by atoms with Crippen molar-refractivity contribution in [2.75, 3.05) is 0 Å². The number of hydrogen-bond donors (Lipinski definition) is 0. The lowest BCUT2D eigenvalue weighted by Crippen LogP contribution is -2.15. The Labute approximate surface area is 131 Å². The highest BCUT2D eigenvalue weighted by Gasteiger charge is 2.31. The van der Waals surface area contributed by atoms with E-state index in [2.05, 4.69) is 12.1 Å². The molecule has 0 spiro atoms. The molecule has 3 nitrogen and oxygen atoms in total. The molecular weight excluding hydrogens is 272 g/mol. The first-order valence-electron chi connectivity index (χ1n) is 8.55. The molecule has 1 heterocycles. The van der Waals surface area contributed by atoms with Gasteiger partial charge in [0.1, 0.15) is 0 Å². The van der Waals surface area contributed by atoms with Gasteiger partial charge in [-0.3, -0.25) is 4.79 Å². The van der Waals surface area contributed by atoms with Gasteiger partial charge in [0.25, 0.3) is 0 Å². The third-order valence-corrected chi connectivity index (χ3v) is 5.10. The zero-order chi connectivity index (χ0) is 14.9. The van der Waals surface area contributed by atoms with Gasteiger partial charge in [0, 0.05) is 12.3 Å². The molecule has 2 aliphatic rings. The predicted octanol–water partition coefficient (Wildman–Crippen LogP) is 4.44. The van der Waals surface area contributed by atoms with E-state index < -0.39 is 0 Å². The average molecular weight is 294 g/mol. The van der Waals surface area contributed by atoms with Crippen LogP contribution in [0.5, 0.6) is 0 Å². The van der Waals surface area contributed by atoms with E-state index in [9.17, 15) is 4.79 Å². The molecule has 4 rings (SSSR count). The summed E-state index contributed by atoms with van der Waals surface area (Å²) in [6.45, 7) is 0. The second-order valence-electron chi connectivity index (χ2n) is 6.57. The van der Waals surface area contributed by atoms with Crippen molar-refractivity contribution in [1.82, 2.24) is 9.78 Å². The molecule has 3 heteroatoms. The van der Waals surface area contributed by atoms with E-state index in [0.29, 0.717) is 18.1 Å². The maximum Gasteiger partial charge on any atom is 0.166 e. The fourth-order valence-corrected chi connectivity index (χ4v) is 3.99. The summed E-state index contributed by atoms with van der Waals surface area (Å²) in [6, 6.07) is 10.3. The molecule has 2 aliphatic carbocycles. The van der Waals surface area contributed by atoms with Crippen LogP contribution in [0.25, 0.3) is 5.69 Å². The highest BCUT2D eigenvalue weighted by molar-refractivity contribution is 5.99. The van der Waals surface area contributed by atoms with E-state index in [1.807, 2.05) is 22.9 Å². The SMILES string of the molecule is O=C1CCCc2c1c(C1CCCCC1)nn2-c1ccccc1. The molecule has 0 radical (unpaired) electrons. The van der Waals surface area contributed by atoms with E-state index in [1.54, 1.807) is 0 Å². The van der Waals surface area contributed by atoms with Crippen molar-refractivity contribution >= 4 is 5.78 Å². The predicted molar refractivity (Wildman–Crippen MR) is 86.7 cm³/mol.